The summed E-state index contributed by atoms with van der Waals surface area (Å²) in [6.45, 7) is 1.63. The van der Waals surface area contributed by atoms with Gasteiger partial charge in [0.2, 0.25) is 5.91 Å². The number of piperidine rings is 1. The van der Waals surface area contributed by atoms with Gasteiger partial charge in [-0.15, -0.1) is 0 Å². The molecule has 28 heavy (non-hydrogen) atoms. The molecule has 0 bridgehead atoms. The van der Waals surface area contributed by atoms with Gasteiger partial charge in [0.25, 0.3) is 0 Å². The molecule has 7 heteroatoms. The number of nitrogens with one attached hydrogen (secondary N) is 2. The van der Waals surface area contributed by atoms with Crippen LogP contribution in [0.3, 0.4) is 0 Å². The van der Waals surface area contributed by atoms with Crippen LogP contribution in [0.5, 0.6) is 0 Å². The second-order valence-electron chi connectivity index (χ2n) is 7.03. The Hall–Kier alpha value is -3.22. The molecule has 6 nitrogen and oxygen atoms in total. The maximum atomic E-state index is 13.0. The van der Waals surface area contributed by atoms with Crippen LogP contribution in [0.15, 0.2) is 54.9 Å². The van der Waals surface area contributed by atoms with Gasteiger partial charge in [0, 0.05) is 43.2 Å². The van der Waals surface area contributed by atoms with E-state index in [1.54, 1.807) is 24.5 Å². The van der Waals surface area contributed by atoms with Crippen LogP contribution in [0.4, 0.5) is 10.2 Å². The highest BCUT2D eigenvalue weighted by atomic mass is 19.1. The Labute approximate surface area is 162 Å². The zero-order valence-corrected chi connectivity index (χ0v) is 15.4. The van der Waals surface area contributed by atoms with Crippen LogP contribution in [0.25, 0.3) is 11.3 Å². The highest BCUT2D eigenvalue weighted by molar-refractivity contribution is 5.79. The summed E-state index contributed by atoms with van der Waals surface area (Å²) in [6, 6.07) is 12.0. The van der Waals surface area contributed by atoms with E-state index in [0.717, 1.165) is 48.6 Å². The third-order valence-electron chi connectivity index (χ3n) is 4.94. The Morgan fingerprint density at radius 1 is 1.21 bits per heavy atom. The second-order valence-corrected chi connectivity index (χ2v) is 7.03. The number of amides is 1. The van der Waals surface area contributed by atoms with Gasteiger partial charge in [-0.25, -0.2) is 4.39 Å². The Balaban J connectivity index is 1.36. The number of anilines is 1. The predicted molar refractivity (Wildman–Crippen MR) is 105 cm³/mol. The molecule has 1 aromatic carbocycles. The summed E-state index contributed by atoms with van der Waals surface area (Å²) >= 11 is 0. The average molecular weight is 379 g/mol. The first-order chi connectivity index (χ1) is 13.7. The van der Waals surface area contributed by atoms with Crippen molar-refractivity contribution < 1.29 is 9.18 Å². The van der Waals surface area contributed by atoms with Crippen molar-refractivity contribution in [2.75, 3.05) is 18.0 Å². The fourth-order valence-electron chi connectivity index (χ4n) is 3.52. The number of carbonyl (C=O) groups excluding carboxylic acids is 1. The number of benzene rings is 1. The molecule has 1 amide bonds. The van der Waals surface area contributed by atoms with Gasteiger partial charge in [-0.3, -0.25) is 14.9 Å². The van der Waals surface area contributed by atoms with E-state index in [2.05, 4.69) is 25.4 Å². The van der Waals surface area contributed by atoms with E-state index in [0.29, 0.717) is 0 Å². The highest BCUT2D eigenvalue weighted by Crippen LogP contribution is 2.23. The van der Waals surface area contributed by atoms with E-state index in [-0.39, 0.29) is 24.2 Å². The van der Waals surface area contributed by atoms with E-state index in [9.17, 15) is 9.18 Å². The van der Waals surface area contributed by atoms with Crippen LogP contribution in [0.1, 0.15) is 18.4 Å². The van der Waals surface area contributed by atoms with E-state index >= 15 is 0 Å². The van der Waals surface area contributed by atoms with Crippen molar-refractivity contribution in [1.29, 1.82) is 0 Å². The number of nitrogens with zero attached hydrogens (tertiary/aromatic N) is 3. The summed E-state index contributed by atoms with van der Waals surface area (Å²) in [5, 5.41) is 10.6. The maximum Gasteiger partial charge on any atom is 0.224 e. The lowest BCUT2D eigenvalue weighted by atomic mass is 10.0. The SMILES string of the molecule is O=C(Cc1ccc(F)cc1)N[C@H]1CCCN(c2cc(-c3ccncc3)[nH]n2)C1. The van der Waals surface area contributed by atoms with E-state index < -0.39 is 0 Å². The van der Waals surface area contributed by atoms with Gasteiger partial charge in [-0.1, -0.05) is 12.1 Å². The number of aromatic nitrogens is 3. The van der Waals surface area contributed by atoms with Crippen LogP contribution < -0.4 is 10.2 Å². The first-order valence-corrected chi connectivity index (χ1v) is 9.42. The molecular weight excluding hydrogens is 357 g/mol. The molecular formula is C21H22FN5O. The molecule has 1 aliphatic rings. The highest BCUT2D eigenvalue weighted by Gasteiger charge is 2.23. The maximum absolute atomic E-state index is 13.0. The third kappa shape index (κ3) is 4.36. The quantitative estimate of drug-likeness (QED) is 0.715. The molecule has 2 aromatic heterocycles. The van der Waals surface area contributed by atoms with Gasteiger partial charge in [0.1, 0.15) is 5.82 Å². The Morgan fingerprint density at radius 2 is 2.00 bits per heavy atom. The number of H-pyrrole nitrogens is 1. The van der Waals surface area contributed by atoms with E-state index in [1.165, 1.54) is 12.1 Å². The molecule has 0 saturated carbocycles. The summed E-state index contributed by atoms with van der Waals surface area (Å²) in [5.74, 6) is 0.541. The number of rotatable bonds is 5. The summed E-state index contributed by atoms with van der Waals surface area (Å²) in [7, 11) is 0. The Bertz CT molecular complexity index is 925. The molecule has 2 N–H and O–H groups in total. The molecule has 0 unspecified atom stereocenters. The minimum Gasteiger partial charge on any atom is -0.353 e. The molecule has 1 atom stereocenters. The van der Waals surface area contributed by atoms with Gasteiger partial charge in [-0.05, 0) is 42.7 Å². The standard InChI is InChI=1S/C21H22FN5O/c22-17-5-3-15(4-6-17)12-21(28)24-18-2-1-11-27(14-18)20-13-19(25-26-20)16-7-9-23-10-8-16/h3-10,13,18H,1-2,11-12,14H2,(H,24,28)(H,25,26)/t18-/m0/s1. The van der Waals surface area contributed by atoms with Crippen LogP contribution >= 0.6 is 0 Å². The van der Waals surface area contributed by atoms with E-state index in [4.69, 9.17) is 0 Å². The predicted octanol–water partition coefficient (Wildman–Crippen LogP) is 2.94. The topological polar surface area (TPSA) is 73.9 Å². The van der Waals surface area contributed by atoms with Gasteiger partial charge in [-0.2, -0.15) is 5.10 Å². The fourth-order valence-corrected chi connectivity index (χ4v) is 3.52. The van der Waals surface area contributed by atoms with Crippen molar-refractivity contribution in [1.82, 2.24) is 20.5 Å². The normalized spacial score (nSPS) is 16.8. The first kappa shape index (κ1) is 18.2. The molecule has 1 saturated heterocycles. The molecule has 0 spiro atoms. The summed E-state index contributed by atoms with van der Waals surface area (Å²) in [6.07, 6.45) is 5.68. The second kappa shape index (κ2) is 8.21. The van der Waals surface area contributed by atoms with Crippen molar-refractivity contribution in [3.05, 3.63) is 66.2 Å². The summed E-state index contributed by atoms with van der Waals surface area (Å²) in [4.78, 5) is 18.6. The van der Waals surface area contributed by atoms with Gasteiger partial charge >= 0.3 is 0 Å². The van der Waals surface area contributed by atoms with Crippen molar-refractivity contribution in [2.24, 2.45) is 0 Å². The minimum absolute atomic E-state index is 0.0436. The minimum atomic E-state index is -0.294. The zero-order valence-electron chi connectivity index (χ0n) is 15.4. The largest absolute Gasteiger partial charge is 0.353 e. The van der Waals surface area contributed by atoms with Gasteiger partial charge in [0.05, 0.1) is 12.1 Å². The molecule has 1 fully saturated rings. The lowest BCUT2D eigenvalue weighted by Crippen LogP contribution is -2.48. The van der Waals surface area contributed by atoms with Crippen molar-refractivity contribution in [3.8, 4) is 11.3 Å². The molecule has 0 radical (unpaired) electrons. The first-order valence-electron chi connectivity index (χ1n) is 9.42. The average Bonchev–Trinajstić information content (AvgIpc) is 3.21. The van der Waals surface area contributed by atoms with Crippen molar-refractivity contribution in [3.63, 3.8) is 0 Å². The molecule has 4 rings (SSSR count). The van der Waals surface area contributed by atoms with Crippen LogP contribution in [0, 0.1) is 5.82 Å². The van der Waals surface area contributed by atoms with Gasteiger partial charge < -0.3 is 10.2 Å². The number of aromatic amines is 1. The fraction of sp³-hybridized carbons (Fsp3) is 0.286. The van der Waals surface area contributed by atoms with Crippen LogP contribution in [-0.2, 0) is 11.2 Å². The smallest absolute Gasteiger partial charge is 0.224 e. The lowest BCUT2D eigenvalue weighted by molar-refractivity contribution is -0.121. The lowest BCUT2D eigenvalue weighted by Gasteiger charge is -2.33. The van der Waals surface area contributed by atoms with Crippen LogP contribution in [0.2, 0.25) is 0 Å². The Morgan fingerprint density at radius 3 is 2.79 bits per heavy atom. The summed E-state index contributed by atoms with van der Waals surface area (Å²) in [5.41, 5.74) is 2.79. The number of halogens is 1. The molecule has 3 heterocycles. The summed E-state index contributed by atoms with van der Waals surface area (Å²) < 4.78 is 13.0. The van der Waals surface area contributed by atoms with Crippen LogP contribution in [-0.4, -0.2) is 40.2 Å². The molecule has 1 aliphatic heterocycles. The number of hydrogen-bond donors (Lipinski definition) is 2. The van der Waals surface area contributed by atoms with E-state index in [1.807, 2.05) is 18.2 Å². The molecule has 144 valence electrons. The Kier molecular flexibility index (Phi) is 5.32. The molecule has 0 aliphatic carbocycles. The van der Waals surface area contributed by atoms with Crippen molar-refractivity contribution in [2.45, 2.75) is 25.3 Å². The van der Waals surface area contributed by atoms with Gasteiger partial charge in [0.15, 0.2) is 5.82 Å². The number of pyridine rings is 1. The monoisotopic (exact) mass is 379 g/mol. The molecule has 3 aromatic rings. The number of hydrogen-bond acceptors (Lipinski definition) is 4. The number of carbonyl (C=O) groups is 1. The third-order valence-corrected chi connectivity index (χ3v) is 4.94. The van der Waals surface area contributed by atoms with Crippen molar-refractivity contribution >= 4 is 11.7 Å². The zero-order chi connectivity index (χ0) is 19.3.